The maximum Gasteiger partial charge on any atom is 0.170 e. The zero-order chi connectivity index (χ0) is 8.20. The first-order valence-corrected chi connectivity index (χ1v) is 3.49. The number of aliphatic hydroxyl groups excluding tert-OH is 1. The monoisotopic (exact) mass is 148 g/mol. The normalized spacial score (nSPS) is 20.1. The molecule has 0 amide bonds. The molecule has 10 heavy (non-hydrogen) atoms. The SMILES string of the molecule is CCC(O)NC(N)(O)CC. The first kappa shape index (κ1) is 9.84. The maximum atomic E-state index is 9.13. The third-order valence-corrected chi connectivity index (χ3v) is 1.34. The number of hydrogen-bond acceptors (Lipinski definition) is 4. The van der Waals surface area contributed by atoms with Crippen molar-refractivity contribution >= 4 is 0 Å². The smallest absolute Gasteiger partial charge is 0.170 e. The molecule has 62 valence electrons. The van der Waals surface area contributed by atoms with Crippen molar-refractivity contribution in [3.63, 3.8) is 0 Å². The zero-order valence-electron chi connectivity index (χ0n) is 6.46. The van der Waals surface area contributed by atoms with Gasteiger partial charge in [0.25, 0.3) is 0 Å². The number of hydrogen-bond donors (Lipinski definition) is 4. The van der Waals surface area contributed by atoms with Crippen LogP contribution in [-0.4, -0.2) is 22.3 Å². The lowest BCUT2D eigenvalue weighted by Gasteiger charge is -2.25. The molecule has 0 aromatic rings. The van der Waals surface area contributed by atoms with Crippen LogP contribution in [0.3, 0.4) is 0 Å². The van der Waals surface area contributed by atoms with Gasteiger partial charge in [-0.15, -0.1) is 0 Å². The Labute approximate surface area is 61.0 Å². The molecule has 0 fully saturated rings. The molecule has 0 saturated heterocycles. The van der Waals surface area contributed by atoms with Crippen LogP contribution in [0.4, 0.5) is 0 Å². The Morgan fingerprint density at radius 2 is 2.10 bits per heavy atom. The van der Waals surface area contributed by atoms with Gasteiger partial charge in [0.05, 0.1) is 0 Å². The van der Waals surface area contributed by atoms with Gasteiger partial charge < -0.3 is 10.2 Å². The lowest BCUT2D eigenvalue weighted by Crippen LogP contribution is -2.56. The third-order valence-electron chi connectivity index (χ3n) is 1.34. The van der Waals surface area contributed by atoms with E-state index in [0.717, 1.165) is 0 Å². The highest BCUT2D eigenvalue weighted by atomic mass is 16.3. The lowest BCUT2D eigenvalue weighted by molar-refractivity contribution is -0.0455. The third kappa shape index (κ3) is 3.79. The molecular weight excluding hydrogens is 132 g/mol. The number of aliphatic hydroxyl groups is 2. The van der Waals surface area contributed by atoms with Crippen LogP contribution in [-0.2, 0) is 0 Å². The molecular formula is C6H16N2O2. The molecule has 0 spiro atoms. The second-order valence-electron chi connectivity index (χ2n) is 2.35. The highest BCUT2D eigenvalue weighted by Gasteiger charge is 2.19. The van der Waals surface area contributed by atoms with E-state index in [-0.39, 0.29) is 0 Å². The van der Waals surface area contributed by atoms with Crippen LogP contribution in [0.5, 0.6) is 0 Å². The van der Waals surface area contributed by atoms with Gasteiger partial charge in [-0.1, -0.05) is 13.8 Å². The standard InChI is InChI=1S/C6H16N2O2/c1-3-5(9)8-6(7,10)4-2/h5,8-10H,3-4,7H2,1-2H3. The molecule has 2 unspecified atom stereocenters. The van der Waals surface area contributed by atoms with Crippen LogP contribution in [0, 0.1) is 0 Å². The molecule has 4 nitrogen and oxygen atoms in total. The summed E-state index contributed by atoms with van der Waals surface area (Å²) in [5, 5.41) is 20.5. The molecule has 0 radical (unpaired) electrons. The van der Waals surface area contributed by atoms with Gasteiger partial charge in [-0.25, -0.2) is 0 Å². The molecule has 0 aliphatic carbocycles. The minimum absolute atomic E-state index is 0.365. The van der Waals surface area contributed by atoms with E-state index in [4.69, 9.17) is 15.9 Å². The van der Waals surface area contributed by atoms with Crippen molar-refractivity contribution in [3.8, 4) is 0 Å². The van der Waals surface area contributed by atoms with Crippen molar-refractivity contribution in [1.29, 1.82) is 0 Å². The molecule has 2 atom stereocenters. The van der Waals surface area contributed by atoms with E-state index in [1.54, 1.807) is 13.8 Å². The fourth-order valence-corrected chi connectivity index (χ4v) is 0.493. The summed E-state index contributed by atoms with van der Waals surface area (Å²) >= 11 is 0. The highest BCUT2D eigenvalue weighted by Crippen LogP contribution is 1.98. The summed E-state index contributed by atoms with van der Waals surface area (Å²) in [5.41, 5.74) is 5.28. The predicted octanol–water partition coefficient (Wildman–Crippen LogP) is -0.681. The summed E-state index contributed by atoms with van der Waals surface area (Å²) in [6.45, 7) is 3.53. The second kappa shape index (κ2) is 3.88. The molecule has 0 aliphatic rings. The summed E-state index contributed by atoms with van der Waals surface area (Å²) in [6, 6.07) is 0. The maximum absolute atomic E-state index is 9.13. The number of rotatable bonds is 4. The minimum atomic E-state index is -1.44. The van der Waals surface area contributed by atoms with E-state index < -0.39 is 12.1 Å². The number of nitrogens with two attached hydrogens (primary N) is 1. The van der Waals surface area contributed by atoms with E-state index >= 15 is 0 Å². The van der Waals surface area contributed by atoms with Crippen molar-refractivity contribution in [2.24, 2.45) is 5.73 Å². The van der Waals surface area contributed by atoms with Crippen LogP contribution in [0.1, 0.15) is 26.7 Å². The van der Waals surface area contributed by atoms with Crippen LogP contribution in [0.15, 0.2) is 0 Å². The zero-order valence-corrected chi connectivity index (χ0v) is 6.46. The van der Waals surface area contributed by atoms with E-state index in [1.165, 1.54) is 0 Å². The Balaban J connectivity index is 3.64. The summed E-state index contributed by atoms with van der Waals surface area (Å²) in [7, 11) is 0. The van der Waals surface area contributed by atoms with Gasteiger partial charge >= 0.3 is 0 Å². The minimum Gasteiger partial charge on any atom is -0.379 e. The van der Waals surface area contributed by atoms with Gasteiger partial charge in [0.15, 0.2) is 5.85 Å². The van der Waals surface area contributed by atoms with Gasteiger partial charge in [-0.3, -0.25) is 11.1 Å². The van der Waals surface area contributed by atoms with Crippen LogP contribution in [0.25, 0.3) is 0 Å². The van der Waals surface area contributed by atoms with Crippen molar-refractivity contribution in [3.05, 3.63) is 0 Å². The molecule has 0 aromatic heterocycles. The molecule has 0 saturated carbocycles. The fourth-order valence-electron chi connectivity index (χ4n) is 0.493. The summed E-state index contributed by atoms with van der Waals surface area (Å²) < 4.78 is 0. The van der Waals surface area contributed by atoms with E-state index in [0.29, 0.717) is 12.8 Å². The van der Waals surface area contributed by atoms with E-state index in [2.05, 4.69) is 5.32 Å². The van der Waals surface area contributed by atoms with Gasteiger partial charge in [-0.05, 0) is 6.42 Å². The first-order chi connectivity index (χ1) is 4.52. The Morgan fingerprint density at radius 3 is 2.40 bits per heavy atom. The largest absolute Gasteiger partial charge is 0.379 e. The Kier molecular flexibility index (Phi) is 3.81. The van der Waals surface area contributed by atoms with E-state index in [1.807, 2.05) is 0 Å². The number of nitrogens with one attached hydrogen (secondary N) is 1. The molecule has 0 heterocycles. The topological polar surface area (TPSA) is 78.5 Å². The van der Waals surface area contributed by atoms with Crippen molar-refractivity contribution < 1.29 is 10.2 Å². The van der Waals surface area contributed by atoms with Crippen LogP contribution in [0.2, 0.25) is 0 Å². The molecule has 4 heteroatoms. The Bertz CT molecular complexity index is 95.7. The fraction of sp³-hybridized carbons (Fsp3) is 1.00. The Hall–Kier alpha value is -0.160. The van der Waals surface area contributed by atoms with E-state index in [9.17, 15) is 0 Å². The molecule has 0 aromatic carbocycles. The summed E-state index contributed by atoms with van der Waals surface area (Å²) in [5.74, 6) is -1.44. The average Bonchev–Trinajstić information content (AvgIpc) is 1.87. The first-order valence-electron chi connectivity index (χ1n) is 3.49. The average molecular weight is 148 g/mol. The quantitative estimate of drug-likeness (QED) is 0.398. The van der Waals surface area contributed by atoms with Crippen LogP contribution >= 0.6 is 0 Å². The predicted molar refractivity (Wildman–Crippen MR) is 38.9 cm³/mol. The molecule has 0 rings (SSSR count). The van der Waals surface area contributed by atoms with Crippen molar-refractivity contribution in [2.45, 2.75) is 38.8 Å². The second-order valence-corrected chi connectivity index (χ2v) is 2.35. The van der Waals surface area contributed by atoms with Crippen molar-refractivity contribution in [2.75, 3.05) is 0 Å². The highest BCUT2D eigenvalue weighted by molar-refractivity contribution is 4.66. The summed E-state index contributed by atoms with van der Waals surface area (Å²) in [6.07, 6.45) is 0.166. The molecule has 0 bridgehead atoms. The molecule has 5 N–H and O–H groups in total. The van der Waals surface area contributed by atoms with Crippen molar-refractivity contribution in [1.82, 2.24) is 5.32 Å². The summed E-state index contributed by atoms with van der Waals surface area (Å²) in [4.78, 5) is 0. The van der Waals surface area contributed by atoms with Gasteiger partial charge in [0.1, 0.15) is 6.23 Å². The van der Waals surface area contributed by atoms with Crippen LogP contribution < -0.4 is 11.1 Å². The lowest BCUT2D eigenvalue weighted by atomic mass is 10.3. The van der Waals surface area contributed by atoms with Gasteiger partial charge in [0, 0.05) is 6.42 Å². The Morgan fingerprint density at radius 1 is 1.60 bits per heavy atom. The van der Waals surface area contributed by atoms with Gasteiger partial charge in [-0.2, -0.15) is 0 Å². The molecule has 0 aliphatic heterocycles. The van der Waals surface area contributed by atoms with Gasteiger partial charge in [0.2, 0.25) is 0 Å².